The molecule has 0 radical (unpaired) electrons. The molecule has 0 atom stereocenters. The summed E-state index contributed by atoms with van der Waals surface area (Å²) < 4.78 is 1.96. The maximum atomic E-state index is 8.57. The average molecular weight is 196 g/mol. The molecule has 78 valence electrons. The number of nitrogens with two attached hydrogens (primary N) is 1. The Morgan fingerprint density at radius 3 is 2.86 bits per heavy atom. The summed E-state index contributed by atoms with van der Waals surface area (Å²) in [6, 6.07) is 0. The van der Waals surface area contributed by atoms with Crippen LogP contribution in [0.1, 0.15) is 20.3 Å². The van der Waals surface area contributed by atoms with Gasteiger partial charge in [-0.25, -0.2) is 4.98 Å². The van der Waals surface area contributed by atoms with Crippen LogP contribution in [0.3, 0.4) is 0 Å². The molecule has 0 saturated carbocycles. The Hall–Kier alpha value is -1.52. The van der Waals surface area contributed by atoms with Gasteiger partial charge in [-0.15, -0.1) is 0 Å². The third-order valence-corrected chi connectivity index (χ3v) is 2.36. The van der Waals surface area contributed by atoms with Crippen LogP contribution in [0.15, 0.2) is 23.9 Å². The summed E-state index contributed by atoms with van der Waals surface area (Å²) in [7, 11) is 0. The highest BCUT2D eigenvalue weighted by atomic mass is 16.4. The van der Waals surface area contributed by atoms with Crippen molar-refractivity contribution < 1.29 is 5.21 Å². The molecule has 0 unspecified atom stereocenters. The van der Waals surface area contributed by atoms with E-state index in [9.17, 15) is 0 Å². The van der Waals surface area contributed by atoms with Gasteiger partial charge in [-0.3, -0.25) is 0 Å². The van der Waals surface area contributed by atoms with Crippen LogP contribution in [-0.4, -0.2) is 20.6 Å². The number of amidine groups is 1. The fourth-order valence-electron chi connectivity index (χ4n) is 1.09. The van der Waals surface area contributed by atoms with Gasteiger partial charge in [-0.1, -0.05) is 19.0 Å². The normalized spacial score (nSPS) is 13.1. The third-order valence-electron chi connectivity index (χ3n) is 2.36. The molecular weight excluding hydrogens is 180 g/mol. The Balaban J connectivity index is 2.52. The van der Waals surface area contributed by atoms with Crippen molar-refractivity contribution in [2.24, 2.45) is 16.3 Å². The van der Waals surface area contributed by atoms with Gasteiger partial charge in [-0.2, -0.15) is 0 Å². The summed E-state index contributed by atoms with van der Waals surface area (Å²) >= 11 is 0. The zero-order valence-electron chi connectivity index (χ0n) is 8.51. The molecule has 0 spiro atoms. The van der Waals surface area contributed by atoms with Gasteiger partial charge in [0, 0.05) is 24.4 Å². The monoisotopic (exact) mass is 196 g/mol. The van der Waals surface area contributed by atoms with Crippen LogP contribution >= 0.6 is 0 Å². The van der Waals surface area contributed by atoms with Gasteiger partial charge in [0.1, 0.15) is 5.84 Å². The van der Waals surface area contributed by atoms with E-state index in [4.69, 9.17) is 10.9 Å². The highest BCUT2D eigenvalue weighted by Crippen LogP contribution is 2.21. The first-order chi connectivity index (χ1) is 6.56. The summed E-state index contributed by atoms with van der Waals surface area (Å²) in [6.45, 7) is 4.70. The summed E-state index contributed by atoms with van der Waals surface area (Å²) in [5.74, 6) is 0.262. The standard InChI is InChI=1S/C9H16N4O/c1-9(2,8(10)12-14)3-5-13-6-4-11-7-13/h4,6-7,14H,3,5H2,1-2H3,(H2,10,12). The molecule has 0 saturated heterocycles. The number of hydrogen-bond acceptors (Lipinski definition) is 3. The first-order valence-corrected chi connectivity index (χ1v) is 4.50. The number of nitrogens with zero attached hydrogens (tertiary/aromatic N) is 3. The van der Waals surface area contributed by atoms with Crippen molar-refractivity contribution in [1.82, 2.24) is 9.55 Å². The maximum Gasteiger partial charge on any atom is 0.144 e. The molecule has 1 heterocycles. The van der Waals surface area contributed by atoms with Crippen molar-refractivity contribution in [3.05, 3.63) is 18.7 Å². The average Bonchev–Trinajstić information content (AvgIpc) is 2.66. The second-order valence-corrected chi connectivity index (χ2v) is 3.92. The molecule has 1 aromatic rings. The minimum Gasteiger partial charge on any atom is -0.409 e. The number of rotatable bonds is 4. The molecule has 0 aliphatic heterocycles. The van der Waals surface area contributed by atoms with Crippen LogP contribution in [0.4, 0.5) is 0 Å². The molecule has 1 rings (SSSR count). The fourth-order valence-corrected chi connectivity index (χ4v) is 1.09. The van der Waals surface area contributed by atoms with E-state index in [1.807, 2.05) is 24.6 Å². The molecule has 3 N–H and O–H groups in total. The van der Waals surface area contributed by atoms with Crippen LogP contribution in [-0.2, 0) is 6.54 Å². The van der Waals surface area contributed by atoms with E-state index in [-0.39, 0.29) is 11.3 Å². The lowest BCUT2D eigenvalue weighted by molar-refractivity contribution is 0.303. The van der Waals surface area contributed by atoms with Crippen LogP contribution in [0, 0.1) is 5.41 Å². The fraction of sp³-hybridized carbons (Fsp3) is 0.556. The smallest absolute Gasteiger partial charge is 0.144 e. The van der Waals surface area contributed by atoms with Crippen LogP contribution in [0.25, 0.3) is 0 Å². The topological polar surface area (TPSA) is 76.4 Å². The Labute approximate surface area is 83.2 Å². The lowest BCUT2D eigenvalue weighted by Gasteiger charge is -2.22. The Bertz CT molecular complexity index is 303. The first kappa shape index (κ1) is 10.6. The minimum absolute atomic E-state index is 0.262. The molecule has 0 fully saturated rings. The quantitative estimate of drug-likeness (QED) is 0.327. The maximum absolute atomic E-state index is 8.57. The highest BCUT2D eigenvalue weighted by molar-refractivity contribution is 5.85. The van der Waals surface area contributed by atoms with Crippen LogP contribution in [0.5, 0.6) is 0 Å². The van der Waals surface area contributed by atoms with Crippen molar-refractivity contribution in [2.75, 3.05) is 0 Å². The Morgan fingerprint density at radius 1 is 1.64 bits per heavy atom. The van der Waals surface area contributed by atoms with Gasteiger partial charge in [0.25, 0.3) is 0 Å². The summed E-state index contributed by atoms with van der Waals surface area (Å²) in [5, 5.41) is 11.6. The van der Waals surface area contributed by atoms with E-state index in [0.717, 1.165) is 13.0 Å². The molecule has 5 heteroatoms. The van der Waals surface area contributed by atoms with Gasteiger partial charge in [0.15, 0.2) is 0 Å². The van der Waals surface area contributed by atoms with E-state index in [1.165, 1.54) is 0 Å². The van der Waals surface area contributed by atoms with Crippen molar-refractivity contribution in [1.29, 1.82) is 0 Å². The van der Waals surface area contributed by atoms with Crippen LogP contribution < -0.4 is 5.73 Å². The number of imidazole rings is 1. The van der Waals surface area contributed by atoms with E-state index < -0.39 is 0 Å². The van der Waals surface area contributed by atoms with Gasteiger partial charge in [-0.05, 0) is 6.42 Å². The SMILES string of the molecule is CC(C)(CCn1ccnc1)C(N)=NO. The molecule has 0 amide bonds. The zero-order valence-corrected chi connectivity index (χ0v) is 8.51. The van der Waals surface area contributed by atoms with Gasteiger partial charge < -0.3 is 15.5 Å². The number of hydrogen-bond donors (Lipinski definition) is 2. The predicted molar refractivity (Wildman–Crippen MR) is 54.0 cm³/mol. The second kappa shape index (κ2) is 4.13. The summed E-state index contributed by atoms with van der Waals surface area (Å²) in [4.78, 5) is 3.94. The van der Waals surface area contributed by atoms with Gasteiger partial charge >= 0.3 is 0 Å². The molecule has 1 aromatic heterocycles. The highest BCUT2D eigenvalue weighted by Gasteiger charge is 2.23. The second-order valence-electron chi connectivity index (χ2n) is 3.92. The van der Waals surface area contributed by atoms with Crippen molar-refractivity contribution in [3.63, 3.8) is 0 Å². The van der Waals surface area contributed by atoms with E-state index in [2.05, 4.69) is 10.1 Å². The molecule has 0 aliphatic rings. The molecule has 0 aromatic carbocycles. The summed E-state index contributed by atoms with van der Waals surface area (Å²) in [5.41, 5.74) is 5.27. The van der Waals surface area contributed by atoms with Crippen molar-refractivity contribution in [3.8, 4) is 0 Å². The molecular formula is C9H16N4O. The minimum atomic E-state index is -0.293. The van der Waals surface area contributed by atoms with Crippen molar-refractivity contribution in [2.45, 2.75) is 26.8 Å². The number of oxime groups is 1. The lowest BCUT2D eigenvalue weighted by Crippen LogP contribution is -2.32. The van der Waals surface area contributed by atoms with E-state index >= 15 is 0 Å². The van der Waals surface area contributed by atoms with E-state index in [1.54, 1.807) is 12.5 Å². The predicted octanol–water partition coefficient (Wildman–Crippen LogP) is 1.05. The van der Waals surface area contributed by atoms with Crippen LogP contribution in [0.2, 0.25) is 0 Å². The summed E-state index contributed by atoms with van der Waals surface area (Å²) in [6.07, 6.45) is 6.18. The zero-order chi connectivity index (χ0) is 10.6. The van der Waals surface area contributed by atoms with Gasteiger partial charge in [0.05, 0.1) is 6.33 Å². The molecule has 0 aliphatic carbocycles. The molecule has 14 heavy (non-hydrogen) atoms. The van der Waals surface area contributed by atoms with E-state index in [0.29, 0.717) is 0 Å². The number of aryl methyl sites for hydroxylation is 1. The Kier molecular flexibility index (Phi) is 3.11. The molecule has 5 nitrogen and oxygen atoms in total. The Morgan fingerprint density at radius 2 is 2.36 bits per heavy atom. The molecule has 0 bridgehead atoms. The largest absolute Gasteiger partial charge is 0.409 e. The van der Waals surface area contributed by atoms with Crippen molar-refractivity contribution >= 4 is 5.84 Å². The lowest BCUT2D eigenvalue weighted by atomic mass is 9.88. The third kappa shape index (κ3) is 2.48. The first-order valence-electron chi connectivity index (χ1n) is 4.50. The number of aromatic nitrogens is 2. The van der Waals surface area contributed by atoms with Gasteiger partial charge in [0.2, 0.25) is 0 Å².